The van der Waals surface area contributed by atoms with Gasteiger partial charge in [-0.1, -0.05) is 47.5 Å². The molecule has 0 fully saturated rings. The van der Waals surface area contributed by atoms with Crippen molar-refractivity contribution in [2.45, 2.75) is 27.3 Å². The van der Waals surface area contributed by atoms with Crippen molar-refractivity contribution in [3.8, 4) is 0 Å². The van der Waals surface area contributed by atoms with E-state index < -0.39 is 0 Å². The summed E-state index contributed by atoms with van der Waals surface area (Å²) in [6.07, 6.45) is 0. The Morgan fingerprint density at radius 1 is 0.750 bits per heavy atom. The van der Waals surface area contributed by atoms with Crippen molar-refractivity contribution in [3.63, 3.8) is 0 Å². The number of benzene rings is 3. The average molecular weight is 373 g/mol. The Balaban J connectivity index is 1.72. The fraction of sp³-hybridized carbons (Fsp3) is 0.240. The normalized spacial score (nSPS) is 10.6. The van der Waals surface area contributed by atoms with E-state index in [1.807, 2.05) is 31.3 Å². The molecule has 3 aromatic carbocycles. The van der Waals surface area contributed by atoms with E-state index in [1.54, 1.807) is 4.90 Å². The van der Waals surface area contributed by atoms with Crippen LogP contribution in [0.4, 0.5) is 11.4 Å². The molecular weight excluding hydrogens is 344 g/mol. The first kappa shape index (κ1) is 19.7. The molecule has 0 N–H and O–H groups in total. The van der Waals surface area contributed by atoms with Crippen LogP contribution in [0.25, 0.3) is 0 Å². The molecule has 3 nitrogen and oxygen atoms in total. The Hall–Kier alpha value is -3.07. The van der Waals surface area contributed by atoms with Crippen molar-refractivity contribution in [1.82, 2.24) is 4.90 Å². The van der Waals surface area contributed by atoms with E-state index in [-0.39, 0.29) is 5.91 Å². The van der Waals surface area contributed by atoms with Crippen LogP contribution in [0.1, 0.15) is 34.0 Å². The molecule has 3 aromatic rings. The molecule has 0 bridgehead atoms. The van der Waals surface area contributed by atoms with Crippen molar-refractivity contribution in [1.29, 1.82) is 0 Å². The molecular formula is C25H28N2O. The largest absolute Gasteiger partial charge is 0.342 e. The Morgan fingerprint density at radius 2 is 1.21 bits per heavy atom. The van der Waals surface area contributed by atoms with Gasteiger partial charge < -0.3 is 9.80 Å². The van der Waals surface area contributed by atoms with Crippen molar-refractivity contribution >= 4 is 17.3 Å². The molecule has 28 heavy (non-hydrogen) atoms. The Kier molecular flexibility index (Phi) is 6.15. The molecule has 1 amide bonds. The summed E-state index contributed by atoms with van der Waals surface area (Å²) in [5, 5.41) is 0. The maximum atomic E-state index is 12.8. The quantitative estimate of drug-likeness (QED) is 0.551. The van der Waals surface area contributed by atoms with Gasteiger partial charge in [-0.3, -0.25) is 4.79 Å². The molecule has 0 saturated carbocycles. The molecule has 0 heterocycles. The van der Waals surface area contributed by atoms with Crippen molar-refractivity contribution < 1.29 is 4.79 Å². The first-order valence-corrected chi connectivity index (χ1v) is 9.73. The van der Waals surface area contributed by atoms with Crippen molar-refractivity contribution in [3.05, 3.63) is 95.1 Å². The summed E-state index contributed by atoms with van der Waals surface area (Å²) in [5.74, 6) is 0.0329. The van der Waals surface area contributed by atoms with Crippen LogP contribution in [0, 0.1) is 13.8 Å². The minimum absolute atomic E-state index is 0.0329. The number of hydrogen-bond donors (Lipinski definition) is 0. The lowest BCUT2D eigenvalue weighted by atomic mass is 10.1. The third-order valence-corrected chi connectivity index (χ3v) is 4.97. The molecule has 0 spiro atoms. The second kappa shape index (κ2) is 8.75. The average Bonchev–Trinajstić information content (AvgIpc) is 2.71. The lowest BCUT2D eigenvalue weighted by molar-refractivity contribution is 0.0785. The van der Waals surface area contributed by atoms with Crippen LogP contribution in [0.3, 0.4) is 0 Å². The Morgan fingerprint density at radius 3 is 1.71 bits per heavy atom. The zero-order valence-electron chi connectivity index (χ0n) is 17.1. The summed E-state index contributed by atoms with van der Waals surface area (Å²) in [5.41, 5.74) is 6.56. The SMILES string of the molecule is CCN(c1ccc(C)cc1)c1ccc(C(=O)N(C)Cc2ccc(C)cc2)cc1. The van der Waals surface area contributed by atoms with Crippen LogP contribution in [-0.2, 0) is 6.54 Å². The van der Waals surface area contributed by atoms with E-state index in [0.717, 1.165) is 23.5 Å². The zero-order valence-corrected chi connectivity index (χ0v) is 17.1. The molecule has 3 rings (SSSR count). The summed E-state index contributed by atoms with van der Waals surface area (Å²) in [6, 6.07) is 24.7. The van der Waals surface area contributed by atoms with Gasteiger partial charge in [0.25, 0.3) is 5.91 Å². The molecule has 0 aliphatic carbocycles. The van der Waals surface area contributed by atoms with Gasteiger partial charge in [-0.05, 0) is 62.7 Å². The highest BCUT2D eigenvalue weighted by Crippen LogP contribution is 2.26. The van der Waals surface area contributed by atoms with Crippen molar-refractivity contribution in [2.24, 2.45) is 0 Å². The lowest BCUT2D eigenvalue weighted by Gasteiger charge is -2.24. The maximum Gasteiger partial charge on any atom is 0.253 e. The van der Waals surface area contributed by atoms with Crippen LogP contribution in [-0.4, -0.2) is 24.4 Å². The summed E-state index contributed by atoms with van der Waals surface area (Å²) in [4.78, 5) is 16.8. The van der Waals surface area contributed by atoms with Crippen LogP contribution < -0.4 is 4.90 Å². The summed E-state index contributed by atoms with van der Waals surface area (Å²) in [7, 11) is 1.85. The van der Waals surface area contributed by atoms with Crippen molar-refractivity contribution in [2.75, 3.05) is 18.5 Å². The molecule has 3 heteroatoms. The van der Waals surface area contributed by atoms with Crippen LogP contribution in [0.5, 0.6) is 0 Å². The van der Waals surface area contributed by atoms with Gasteiger partial charge in [0.15, 0.2) is 0 Å². The predicted molar refractivity (Wildman–Crippen MR) is 117 cm³/mol. The molecule has 0 atom stereocenters. The van der Waals surface area contributed by atoms with Crippen LogP contribution in [0.2, 0.25) is 0 Å². The van der Waals surface area contributed by atoms with E-state index in [9.17, 15) is 4.79 Å². The first-order valence-electron chi connectivity index (χ1n) is 9.73. The minimum Gasteiger partial charge on any atom is -0.342 e. The van der Waals surface area contributed by atoms with Crippen LogP contribution in [0.15, 0.2) is 72.8 Å². The van der Waals surface area contributed by atoms with Gasteiger partial charge in [0.05, 0.1) is 0 Å². The zero-order chi connectivity index (χ0) is 20.1. The summed E-state index contributed by atoms with van der Waals surface area (Å²) in [6.45, 7) is 7.76. The van der Waals surface area contributed by atoms with Gasteiger partial charge in [-0.15, -0.1) is 0 Å². The second-order valence-corrected chi connectivity index (χ2v) is 7.27. The molecule has 0 unspecified atom stereocenters. The number of amides is 1. The third-order valence-electron chi connectivity index (χ3n) is 4.97. The van der Waals surface area contributed by atoms with Gasteiger partial charge in [-0.2, -0.15) is 0 Å². The van der Waals surface area contributed by atoms with E-state index in [0.29, 0.717) is 12.1 Å². The predicted octanol–water partition coefficient (Wildman–Crippen LogP) is 5.73. The Bertz CT molecular complexity index is 912. The number of carbonyl (C=O) groups excluding carboxylic acids is 1. The summed E-state index contributed by atoms with van der Waals surface area (Å²) < 4.78 is 0. The van der Waals surface area contributed by atoms with E-state index in [1.165, 1.54) is 11.1 Å². The number of nitrogens with zero attached hydrogens (tertiary/aromatic N) is 2. The number of rotatable bonds is 6. The highest BCUT2D eigenvalue weighted by Gasteiger charge is 2.13. The maximum absolute atomic E-state index is 12.8. The third kappa shape index (κ3) is 4.61. The summed E-state index contributed by atoms with van der Waals surface area (Å²) >= 11 is 0. The van der Waals surface area contributed by atoms with E-state index >= 15 is 0 Å². The number of anilines is 2. The lowest BCUT2D eigenvalue weighted by Crippen LogP contribution is -2.26. The number of aryl methyl sites for hydroxylation is 2. The molecule has 0 radical (unpaired) electrons. The fourth-order valence-corrected chi connectivity index (χ4v) is 3.28. The highest BCUT2D eigenvalue weighted by molar-refractivity contribution is 5.94. The van der Waals surface area contributed by atoms with Gasteiger partial charge >= 0.3 is 0 Å². The van der Waals surface area contributed by atoms with Gasteiger partial charge in [0.1, 0.15) is 0 Å². The van der Waals surface area contributed by atoms with Gasteiger partial charge in [0, 0.05) is 37.1 Å². The van der Waals surface area contributed by atoms with Gasteiger partial charge in [-0.25, -0.2) is 0 Å². The van der Waals surface area contributed by atoms with E-state index in [4.69, 9.17) is 0 Å². The monoisotopic (exact) mass is 372 g/mol. The highest BCUT2D eigenvalue weighted by atomic mass is 16.2. The van der Waals surface area contributed by atoms with Crippen LogP contribution >= 0.6 is 0 Å². The smallest absolute Gasteiger partial charge is 0.253 e. The molecule has 144 valence electrons. The second-order valence-electron chi connectivity index (χ2n) is 7.27. The topological polar surface area (TPSA) is 23.6 Å². The molecule has 0 saturated heterocycles. The minimum atomic E-state index is 0.0329. The molecule has 0 aromatic heterocycles. The Labute approximate surface area is 168 Å². The standard InChI is InChI=1S/C25H28N2O/c1-5-27(23-14-8-20(3)9-15-23)24-16-12-22(13-17-24)25(28)26(4)18-21-10-6-19(2)7-11-21/h6-17H,5,18H2,1-4H3. The molecule has 0 aliphatic rings. The number of hydrogen-bond acceptors (Lipinski definition) is 2. The molecule has 0 aliphatic heterocycles. The van der Waals surface area contributed by atoms with Gasteiger partial charge in [0.2, 0.25) is 0 Å². The first-order chi connectivity index (χ1) is 13.5. The number of carbonyl (C=O) groups is 1. The van der Waals surface area contributed by atoms with E-state index in [2.05, 4.69) is 74.2 Å². The fourth-order valence-electron chi connectivity index (χ4n) is 3.28.